The van der Waals surface area contributed by atoms with E-state index in [2.05, 4.69) is 39.0 Å². The lowest BCUT2D eigenvalue weighted by Gasteiger charge is -2.32. The molecule has 2 aromatic rings. The molecule has 3 heterocycles. The third kappa shape index (κ3) is 4.81. The molecule has 0 aliphatic carbocycles. The Hall–Kier alpha value is -1.90. The number of anilines is 1. The Balaban J connectivity index is 1.42. The van der Waals surface area contributed by atoms with E-state index in [1.165, 1.54) is 10.4 Å². The SMILES string of the molecule is COCCn1cc(NC(=O)NCC(C)N2CCc3sccc3C2)cn1. The summed E-state index contributed by atoms with van der Waals surface area (Å²) in [6.45, 7) is 6.03. The Morgan fingerprint density at radius 2 is 2.40 bits per heavy atom. The fourth-order valence-electron chi connectivity index (χ4n) is 2.93. The lowest BCUT2D eigenvalue weighted by Crippen LogP contribution is -2.45. The molecule has 0 fully saturated rings. The zero-order valence-corrected chi connectivity index (χ0v) is 15.5. The van der Waals surface area contributed by atoms with Crippen molar-refractivity contribution in [2.24, 2.45) is 0 Å². The van der Waals surface area contributed by atoms with E-state index >= 15 is 0 Å². The van der Waals surface area contributed by atoms with E-state index in [-0.39, 0.29) is 6.03 Å². The van der Waals surface area contributed by atoms with Crippen molar-refractivity contribution in [2.75, 3.05) is 32.1 Å². The van der Waals surface area contributed by atoms with Crippen LogP contribution in [0.15, 0.2) is 23.8 Å². The predicted octanol–water partition coefficient (Wildman–Crippen LogP) is 2.16. The minimum absolute atomic E-state index is 0.202. The van der Waals surface area contributed by atoms with Crippen molar-refractivity contribution in [1.29, 1.82) is 0 Å². The summed E-state index contributed by atoms with van der Waals surface area (Å²) < 4.78 is 6.75. The Labute approximate surface area is 152 Å². The third-order valence-electron chi connectivity index (χ3n) is 4.43. The highest BCUT2D eigenvalue weighted by atomic mass is 32.1. The first-order valence-corrected chi connectivity index (χ1v) is 9.39. The molecule has 1 unspecified atom stereocenters. The van der Waals surface area contributed by atoms with Gasteiger partial charge in [-0.25, -0.2) is 4.79 Å². The van der Waals surface area contributed by atoms with Gasteiger partial charge in [-0.3, -0.25) is 9.58 Å². The van der Waals surface area contributed by atoms with Crippen LogP contribution in [0.3, 0.4) is 0 Å². The molecule has 7 nitrogen and oxygen atoms in total. The molecule has 0 spiro atoms. The van der Waals surface area contributed by atoms with E-state index in [1.807, 2.05) is 11.3 Å². The van der Waals surface area contributed by atoms with Crippen molar-refractivity contribution >= 4 is 23.1 Å². The number of nitrogens with one attached hydrogen (secondary N) is 2. The van der Waals surface area contributed by atoms with Gasteiger partial charge in [0.15, 0.2) is 0 Å². The predicted molar refractivity (Wildman–Crippen MR) is 99.0 cm³/mol. The van der Waals surface area contributed by atoms with Crippen LogP contribution in [0.4, 0.5) is 10.5 Å². The minimum Gasteiger partial charge on any atom is -0.383 e. The molecular formula is C17H25N5O2S. The molecule has 3 rings (SSSR count). The van der Waals surface area contributed by atoms with Gasteiger partial charge < -0.3 is 15.4 Å². The third-order valence-corrected chi connectivity index (χ3v) is 5.46. The van der Waals surface area contributed by atoms with Crippen molar-refractivity contribution in [3.05, 3.63) is 34.3 Å². The van der Waals surface area contributed by atoms with Crippen LogP contribution in [0.25, 0.3) is 0 Å². The number of fused-ring (bicyclic) bond motifs is 1. The van der Waals surface area contributed by atoms with Gasteiger partial charge in [0.2, 0.25) is 0 Å². The molecule has 1 aliphatic rings. The molecule has 2 aromatic heterocycles. The highest BCUT2D eigenvalue weighted by Crippen LogP contribution is 2.24. The van der Waals surface area contributed by atoms with Gasteiger partial charge in [0, 0.05) is 43.9 Å². The Morgan fingerprint density at radius 3 is 3.24 bits per heavy atom. The van der Waals surface area contributed by atoms with Gasteiger partial charge >= 0.3 is 6.03 Å². The Bertz CT molecular complexity index is 699. The molecule has 1 atom stereocenters. The van der Waals surface area contributed by atoms with Crippen LogP contribution in [0.2, 0.25) is 0 Å². The number of ether oxygens (including phenoxy) is 1. The summed E-state index contributed by atoms with van der Waals surface area (Å²) in [7, 11) is 1.65. The van der Waals surface area contributed by atoms with Gasteiger partial charge in [-0.1, -0.05) is 0 Å². The van der Waals surface area contributed by atoms with E-state index in [9.17, 15) is 4.79 Å². The van der Waals surface area contributed by atoms with Crippen LogP contribution >= 0.6 is 11.3 Å². The normalized spacial score (nSPS) is 15.6. The smallest absolute Gasteiger partial charge is 0.319 e. The van der Waals surface area contributed by atoms with Gasteiger partial charge in [-0.05, 0) is 30.4 Å². The quantitative estimate of drug-likeness (QED) is 0.791. The number of amides is 2. The van der Waals surface area contributed by atoms with Crippen LogP contribution in [-0.2, 0) is 24.2 Å². The molecule has 0 aromatic carbocycles. The summed E-state index contributed by atoms with van der Waals surface area (Å²) in [5.74, 6) is 0. The maximum atomic E-state index is 12.1. The largest absolute Gasteiger partial charge is 0.383 e. The number of nitrogens with zero attached hydrogens (tertiary/aromatic N) is 3. The van der Waals surface area contributed by atoms with E-state index in [1.54, 1.807) is 24.2 Å². The standard InChI is InChI=1S/C17H25N5O2S/c1-13(21-5-3-16-14(11-21)4-8-25-16)9-18-17(23)20-15-10-19-22(12-15)6-7-24-2/h4,8,10,12-13H,3,5-7,9,11H2,1-2H3,(H2,18,20,23). The molecule has 2 amide bonds. The zero-order valence-electron chi connectivity index (χ0n) is 14.7. The number of hydrogen-bond acceptors (Lipinski definition) is 5. The minimum atomic E-state index is -0.202. The lowest BCUT2D eigenvalue weighted by molar-refractivity contribution is 0.183. The molecule has 2 N–H and O–H groups in total. The second-order valence-corrected chi connectivity index (χ2v) is 7.26. The maximum Gasteiger partial charge on any atom is 0.319 e. The van der Waals surface area contributed by atoms with Crippen molar-refractivity contribution in [2.45, 2.75) is 32.5 Å². The Morgan fingerprint density at radius 1 is 1.52 bits per heavy atom. The zero-order chi connectivity index (χ0) is 17.6. The fraction of sp³-hybridized carbons (Fsp3) is 0.529. The molecule has 0 saturated heterocycles. The number of carbonyl (C=O) groups is 1. The molecule has 25 heavy (non-hydrogen) atoms. The number of carbonyl (C=O) groups excluding carboxylic acids is 1. The molecule has 8 heteroatoms. The number of urea groups is 1. The average molecular weight is 363 g/mol. The van der Waals surface area contributed by atoms with Crippen molar-refractivity contribution in [1.82, 2.24) is 20.0 Å². The van der Waals surface area contributed by atoms with E-state index < -0.39 is 0 Å². The van der Waals surface area contributed by atoms with Crippen molar-refractivity contribution < 1.29 is 9.53 Å². The molecule has 136 valence electrons. The summed E-state index contributed by atoms with van der Waals surface area (Å²) in [5.41, 5.74) is 2.11. The number of aromatic nitrogens is 2. The van der Waals surface area contributed by atoms with Crippen LogP contribution in [0.5, 0.6) is 0 Å². The van der Waals surface area contributed by atoms with Gasteiger partial charge in [0.05, 0.1) is 25.0 Å². The topological polar surface area (TPSA) is 71.4 Å². The van der Waals surface area contributed by atoms with Crippen LogP contribution in [0, 0.1) is 0 Å². The summed E-state index contributed by atoms with van der Waals surface area (Å²) in [4.78, 5) is 16.0. The summed E-state index contributed by atoms with van der Waals surface area (Å²) in [6.07, 6.45) is 4.54. The molecule has 0 saturated carbocycles. The van der Waals surface area contributed by atoms with E-state index in [4.69, 9.17) is 4.74 Å². The maximum absolute atomic E-state index is 12.1. The van der Waals surface area contributed by atoms with Crippen molar-refractivity contribution in [3.63, 3.8) is 0 Å². The number of thiophene rings is 1. The number of hydrogen-bond donors (Lipinski definition) is 2. The highest BCUT2D eigenvalue weighted by molar-refractivity contribution is 7.10. The summed E-state index contributed by atoms with van der Waals surface area (Å²) in [5, 5.41) is 12.1. The molecular weight excluding hydrogens is 338 g/mol. The Kier molecular flexibility index (Phi) is 6.06. The second-order valence-electron chi connectivity index (χ2n) is 6.26. The second kappa shape index (κ2) is 8.46. The molecule has 1 aliphatic heterocycles. The van der Waals surface area contributed by atoms with Crippen LogP contribution in [-0.4, -0.2) is 53.6 Å². The monoisotopic (exact) mass is 363 g/mol. The van der Waals surface area contributed by atoms with Gasteiger partial charge in [0.25, 0.3) is 0 Å². The molecule has 0 bridgehead atoms. The first kappa shape index (κ1) is 17.9. The number of rotatable bonds is 7. The first-order chi connectivity index (χ1) is 12.2. The van der Waals surface area contributed by atoms with E-state index in [0.717, 1.165) is 19.5 Å². The van der Waals surface area contributed by atoms with Gasteiger partial charge in [-0.15, -0.1) is 11.3 Å². The summed E-state index contributed by atoms with van der Waals surface area (Å²) >= 11 is 1.84. The fourth-order valence-corrected chi connectivity index (χ4v) is 3.82. The van der Waals surface area contributed by atoms with Crippen LogP contribution < -0.4 is 10.6 Å². The van der Waals surface area contributed by atoms with Crippen LogP contribution in [0.1, 0.15) is 17.4 Å². The highest BCUT2D eigenvalue weighted by Gasteiger charge is 2.21. The summed E-state index contributed by atoms with van der Waals surface area (Å²) in [6, 6.07) is 2.30. The van der Waals surface area contributed by atoms with Gasteiger partial charge in [0.1, 0.15) is 0 Å². The van der Waals surface area contributed by atoms with E-state index in [0.29, 0.717) is 31.4 Å². The lowest BCUT2D eigenvalue weighted by atomic mass is 10.1. The van der Waals surface area contributed by atoms with Gasteiger partial charge in [-0.2, -0.15) is 5.10 Å². The van der Waals surface area contributed by atoms with Crippen molar-refractivity contribution in [3.8, 4) is 0 Å². The first-order valence-electron chi connectivity index (χ1n) is 8.51. The average Bonchev–Trinajstić information content (AvgIpc) is 3.26. The molecule has 0 radical (unpaired) electrons. The number of methoxy groups -OCH3 is 1.